The number of hydrogen-bond acceptors (Lipinski definition) is 4. The van der Waals surface area contributed by atoms with Gasteiger partial charge in [-0.2, -0.15) is 0 Å². The maximum absolute atomic E-state index is 10.9. The molecule has 5 heteroatoms. The van der Waals surface area contributed by atoms with Crippen molar-refractivity contribution in [2.24, 2.45) is 0 Å². The van der Waals surface area contributed by atoms with Crippen molar-refractivity contribution in [2.45, 2.75) is 32.0 Å². The second-order valence-corrected chi connectivity index (χ2v) is 7.12. The molecule has 0 heterocycles. The Balaban J connectivity index is 3.93. The van der Waals surface area contributed by atoms with Crippen molar-refractivity contribution in [1.29, 1.82) is 0 Å². The lowest BCUT2D eigenvalue weighted by molar-refractivity contribution is -0.142. The van der Waals surface area contributed by atoms with Crippen LogP contribution in [-0.2, 0) is 18.4 Å². The highest BCUT2D eigenvalue weighted by Gasteiger charge is 2.29. The van der Waals surface area contributed by atoms with Crippen molar-refractivity contribution in [3.8, 4) is 0 Å². The highest BCUT2D eigenvalue weighted by atomic mass is 28.4. The monoisotopic (exact) mass is 232 g/mol. The van der Waals surface area contributed by atoms with Gasteiger partial charge in [-0.05, 0) is 25.9 Å². The lowest BCUT2D eigenvalue weighted by Gasteiger charge is -2.24. The Morgan fingerprint density at radius 2 is 2.00 bits per heavy atom. The molecule has 0 aliphatic carbocycles. The van der Waals surface area contributed by atoms with Crippen LogP contribution in [0.3, 0.4) is 0 Å². The first-order valence-electron chi connectivity index (χ1n) is 4.90. The molecule has 0 aromatic carbocycles. The molecule has 0 fully saturated rings. The smallest absolute Gasteiger partial charge is 0.334 e. The molecular formula is C10H20O4Si. The molecular weight excluding hydrogens is 212 g/mol. The van der Waals surface area contributed by atoms with E-state index in [9.17, 15) is 4.79 Å². The first kappa shape index (κ1) is 14.3. The fraction of sp³-hybridized carbons (Fsp3) is 0.700. The third-order valence-corrected chi connectivity index (χ3v) is 5.28. The van der Waals surface area contributed by atoms with Gasteiger partial charge in [-0.15, -0.1) is 0 Å². The predicted octanol–water partition coefficient (Wildman–Crippen LogP) is 1.86. The van der Waals surface area contributed by atoms with E-state index in [4.69, 9.17) is 13.6 Å². The van der Waals surface area contributed by atoms with Crippen molar-refractivity contribution in [2.75, 3.05) is 14.2 Å². The number of hydrogen-bond donors (Lipinski definition) is 0. The molecule has 0 aliphatic rings. The maximum Gasteiger partial charge on any atom is 0.334 e. The van der Waals surface area contributed by atoms with E-state index in [1.807, 2.05) is 13.5 Å². The normalized spacial score (nSPS) is 13.3. The molecule has 0 aliphatic heterocycles. The average molecular weight is 232 g/mol. The SMILES string of the molecule is C=CC(=O)OC(C)CC[Si](C)(OC)OC. The lowest BCUT2D eigenvalue weighted by Crippen LogP contribution is -2.36. The van der Waals surface area contributed by atoms with Crippen LogP contribution in [0.15, 0.2) is 12.7 Å². The molecule has 1 unspecified atom stereocenters. The summed E-state index contributed by atoms with van der Waals surface area (Å²) < 4.78 is 15.7. The molecule has 0 N–H and O–H groups in total. The highest BCUT2D eigenvalue weighted by Crippen LogP contribution is 2.16. The fourth-order valence-electron chi connectivity index (χ4n) is 1.06. The van der Waals surface area contributed by atoms with Crippen LogP contribution in [0.2, 0.25) is 12.6 Å². The summed E-state index contributed by atoms with van der Waals surface area (Å²) in [5.41, 5.74) is 0. The van der Waals surface area contributed by atoms with E-state index in [0.29, 0.717) is 0 Å². The number of esters is 1. The highest BCUT2D eigenvalue weighted by molar-refractivity contribution is 6.65. The van der Waals surface area contributed by atoms with Gasteiger partial charge in [-0.1, -0.05) is 6.58 Å². The van der Waals surface area contributed by atoms with Crippen LogP contribution in [0, 0.1) is 0 Å². The van der Waals surface area contributed by atoms with Gasteiger partial charge in [0.15, 0.2) is 0 Å². The van der Waals surface area contributed by atoms with Gasteiger partial charge >= 0.3 is 14.5 Å². The largest absolute Gasteiger partial charge is 0.460 e. The molecule has 4 nitrogen and oxygen atoms in total. The first-order valence-corrected chi connectivity index (χ1v) is 7.43. The number of carbonyl (C=O) groups is 1. The second kappa shape index (κ2) is 6.76. The summed E-state index contributed by atoms with van der Waals surface area (Å²) >= 11 is 0. The summed E-state index contributed by atoms with van der Waals surface area (Å²) in [7, 11) is 1.26. The Morgan fingerprint density at radius 1 is 1.47 bits per heavy atom. The Labute approximate surface area is 92.5 Å². The fourth-order valence-corrected chi connectivity index (χ4v) is 2.56. The summed E-state index contributed by atoms with van der Waals surface area (Å²) in [6.45, 7) is 7.17. The van der Waals surface area contributed by atoms with Crippen molar-refractivity contribution in [3.05, 3.63) is 12.7 Å². The van der Waals surface area contributed by atoms with Crippen molar-refractivity contribution in [1.82, 2.24) is 0 Å². The summed E-state index contributed by atoms with van der Waals surface area (Å²) in [6.07, 6.45) is 1.77. The zero-order valence-corrected chi connectivity index (χ0v) is 10.9. The molecule has 0 amide bonds. The molecule has 0 radical (unpaired) electrons. The van der Waals surface area contributed by atoms with E-state index in [1.54, 1.807) is 14.2 Å². The van der Waals surface area contributed by atoms with Crippen LogP contribution in [0.5, 0.6) is 0 Å². The van der Waals surface area contributed by atoms with Crippen LogP contribution < -0.4 is 0 Å². The number of rotatable bonds is 7. The van der Waals surface area contributed by atoms with Crippen LogP contribution in [0.25, 0.3) is 0 Å². The Morgan fingerprint density at radius 3 is 2.40 bits per heavy atom. The molecule has 0 saturated carbocycles. The minimum atomic E-state index is -2.04. The second-order valence-electron chi connectivity index (χ2n) is 3.53. The van der Waals surface area contributed by atoms with Gasteiger partial charge in [0.05, 0.1) is 6.10 Å². The molecule has 0 aromatic heterocycles. The molecule has 0 rings (SSSR count). The van der Waals surface area contributed by atoms with Gasteiger partial charge in [0.1, 0.15) is 0 Å². The summed E-state index contributed by atoms with van der Waals surface area (Å²) in [4.78, 5) is 10.9. The van der Waals surface area contributed by atoms with E-state index < -0.39 is 8.56 Å². The van der Waals surface area contributed by atoms with E-state index >= 15 is 0 Å². The lowest BCUT2D eigenvalue weighted by atomic mass is 10.3. The zero-order chi connectivity index (χ0) is 11.9. The van der Waals surface area contributed by atoms with Gasteiger partial charge in [0, 0.05) is 20.3 Å². The number of carbonyl (C=O) groups excluding carboxylic acids is 1. The van der Waals surface area contributed by atoms with Crippen molar-refractivity contribution in [3.63, 3.8) is 0 Å². The molecule has 0 saturated heterocycles. The van der Waals surface area contributed by atoms with Crippen LogP contribution in [-0.4, -0.2) is 34.9 Å². The summed E-state index contributed by atoms with van der Waals surface area (Å²) in [6, 6.07) is 0.797. The molecule has 88 valence electrons. The molecule has 0 bridgehead atoms. The topological polar surface area (TPSA) is 44.8 Å². The summed E-state index contributed by atoms with van der Waals surface area (Å²) in [5.74, 6) is -0.388. The van der Waals surface area contributed by atoms with Crippen molar-refractivity contribution < 1.29 is 18.4 Å². The Kier molecular flexibility index (Phi) is 6.47. The van der Waals surface area contributed by atoms with Gasteiger partial charge in [0.2, 0.25) is 0 Å². The van der Waals surface area contributed by atoms with Gasteiger partial charge in [0.25, 0.3) is 0 Å². The van der Waals surface area contributed by atoms with Crippen molar-refractivity contribution >= 4 is 14.5 Å². The standard InChI is InChI=1S/C10H20O4Si/c1-6-10(11)14-9(2)7-8-15(5,12-3)13-4/h6,9H,1,7-8H2,2-5H3. The van der Waals surface area contributed by atoms with Crippen LogP contribution in [0.4, 0.5) is 0 Å². The molecule has 0 spiro atoms. The first-order chi connectivity index (χ1) is 6.97. The minimum absolute atomic E-state index is 0.132. The van der Waals surface area contributed by atoms with E-state index in [1.165, 1.54) is 6.08 Å². The van der Waals surface area contributed by atoms with E-state index in [2.05, 4.69) is 6.58 Å². The minimum Gasteiger partial charge on any atom is -0.460 e. The van der Waals surface area contributed by atoms with Crippen LogP contribution >= 0.6 is 0 Å². The Bertz CT molecular complexity index is 213. The van der Waals surface area contributed by atoms with E-state index in [0.717, 1.165) is 12.5 Å². The quantitative estimate of drug-likeness (QED) is 0.382. The van der Waals surface area contributed by atoms with Gasteiger partial charge in [-0.25, -0.2) is 4.79 Å². The molecule has 0 aromatic rings. The maximum atomic E-state index is 10.9. The molecule has 1 atom stereocenters. The zero-order valence-electron chi connectivity index (χ0n) is 9.91. The molecule has 15 heavy (non-hydrogen) atoms. The third-order valence-electron chi connectivity index (χ3n) is 2.35. The Hall–Kier alpha value is -0.653. The van der Waals surface area contributed by atoms with E-state index in [-0.39, 0.29) is 12.1 Å². The summed E-state index contributed by atoms with van der Waals surface area (Å²) in [5, 5.41) is 0. The average Bonchev–Trinajstić information content (AvgIpc) is 2.25. The van der Waals surface area contributed by atoms with Crippen LogP contribution in [0.1, 0.15) is 13.3 Å². The predicted molar refractivity (Wildman–Crippen MR) is 60.8 cm³/mol. The van der Waals surface area contributed by atoms with Gasteiger partial charge in [-0.3, -0.25) is 0 Å². The van der Waals surface area contributed by atoms with Gasteiger partial charge < -0.3 is 13.6 Å². The third kappa shape index (κ3) is 5.71. The number of ether oxygens (including phenoxy) is 1.